The van der Waals surface area contributed by atoms with Crippen molar-refractivity contribution in [3.63, 3.8) is 0 Å². The Bertz CT molecular complexity index is 1470. The van der Waals surface area contributed by atoms with Crippen molar-refractivity contribution in [2.75, 3.05) is 22.9 Å². The van der Waals surface area contributed by atoms with E-state index in [0.717, 1.165) is 27.9 Å². The maximum absolute atomic E-state index is 13.3. The molecular formula is C25H17F3N4O4. The molecule has 0 atom stereocenters. The van der Waals surface area contributed by atoms with Crippen molar-refractivity contribution in [2.24, 2.45) is 0 Å². The second-order valence-corrected chi connectivity index (χ2v) is 8.00. The summed E-state index contributed by atoms with van der Waals surface area (Å²) in [4.78, 5) is 30.1. The normalized spacial score (nSPS) is 13.9. The number of fused-ring (bicyclic) bond motifs is 1. The van der Waals surface area contributed by atoms with Gasteiger partial charge in [0.2, 0.25) is 0 Å². The molecule has 0 unspecified atom stereocenters. The predicted molar refractivity (Wildman–Crippen MR) is 126 cm³/mol. The number of hydrogen-bond acceptors (Lipinski definition) is 5. The highest BCUT2D eigenvalue weighted by molar-refractivity contribution is 6.06. The van der Waals surface area contributed by atoms with Crippen molar-refractivity contribution in [3.05, 3.63) is 94.7 Å². The van der Waals surface area contributed by atoms with Gasteiger partial charge in [0.25, 0.3) is 5.69 Å². The van der Waals surface area contributed by atoms with Gasteiger partial charge in [-0.1, -0.05) is 12.1 Å². The number of amides is 2. The Morgan fingerprint density at radius 3 is 2.31 bits per heavy atom. The maximum atomic E-state index is 13.3. The summed E-state index contributed by atoms with van der Waals surface area (Å²) in [6.07, 6.45) is -3.15. The number of nitrogens with zero attached hydrogens (tertiary/aromatic N) is 4. The summed E-state index contributed by atoms with van der Waals surface area (Å²) in [5.74, 6) is 1.13. The third-order valence-corrected chi connectivity index (χ3v) is 5.75. The molecule has 1 aliphatic heterocycles. The van der Waals surface area contributed by atoms with Crippen LogP contribution in [-0.4, -0.2) is 29.0 Å². The molecule has 11 heteroatoms. The lowest BCUT2D eigenvalue weighted by atomic mass is 10.1. The van der Waals surface area contributed by atoms with Crippen LogP contribution in [0, 0.1) is 10.1 Å². The number of halogens is 3. The molecule has 3 aromatic carbocycles. The average Bonchev–Trinajstić information content (AvgIpc) is 3.25. The van der Waals surface area contributed by atoms with Crippen molar-refractivity contribution < 1.29 is 27.6 Å². The number of aromatic nitrogens is 1. The number of anilines is 2. The molecule has 2 amide bonds. The smallest absolute Gasteiger partial charge is 0.416 e. The van der Waals surface area contributed by atoms with E-state index in [9.17, 15) is 28.1 Å². The summed E-state index contributed by atoms with van der Waals surface area (Å²) in [5, 5.41) is 12.0. The number of ether oxygens (including phenoxy) is 1. The highest BCUT2D eigenvalue weighted by Gasteiger charge is 2.36. The van der Waals surface area contributed by atoms with Gasteiger partial charge in [0, 0.05) is 42.5 Å². The zero-order valence-electron chi connectivity index (χ0n) is 18.5. The van der Waals surface area contributed by atoms with Crippen LogP contribution in [0.25, 0.3) is 10.9 Å². The number of benzene rings is 3. The molecule has 0 saturated carbocycles. The first-order valence-electron chi connectivity index (χ1n) is 10.8. The lowest BCUT2D eigenvalue weighted by molar-refractivity contribution is -0.385. The number of carbonyl (C=O) groups excluding carboxylic acids is 1. The van der Waals surface area contributed by atoms with Crippen LogP contribution in [-0.2, 0) is 6.18 Å². The van der Waals surface area contributed by atoms with Gasteiger partial charge in [0.15, 0.2) is 0 Å². The third kappa shape index (κ3) is 4.38. The van der Waals surface area contributed by atoms with Crippen molar-refractivity contribution in [2.45, 2.75) is 6.18 Å². The molecule has 1 saturated heterocycles. The quantitative estimate of drug-likeness (QED) is 0.237. The monoisotopic (exact) mass is 494 g/mol. The number of alkyl halides is 3. The molecule has 0 spiro atoms. The molecule has 36 heavy (non-hydrogen) atoms. The number of urea groups is 1. The zero-order valence-corrected chi connectivity index (χ0v) is 18.5. The van der Waals surface area contributed by atoms with E-state index in [-0.39, 0.29) is 18.8 Å². The summed E-state index contributed by atoms with van der Waals surface area (Å²) < 4.78 is 45.8. The van der Waals surface area contributed by atoms with Crippen molar-refractivity contribution >= 4 is 34.0 Å². The van der Waals surface area contributed by atoms with Gasteiger partial charge in [-0.25, -0.2) is 4.79 Å². The Labute approximate surface area is 202 Å². The molecule has 2 heterocycles. The van der Waals surface area contributed by atoms with E-state index in [4.69, 9.17) is 4.74 Å². The first-order valence-corrected chi connectivity index (χ1v) is 10.8. The van der Waals surface area contributed by atoms with Crippen LogP contribution >= 0.6 is 0 Å². The molecule has 1 aromatic heterocycles. The summed E-state index contributed by atoms with van der Waals surface area (Å²) >= 11 is 0. The van der Waals surface area contributed by atoms with Crippen LogP contribution in [0.1, 0.15) is 5.56 Å². The Kier molecular flexibility index (Phi) is 5.67. The fraction of sp³-hybridized carbons (Fsp3) is 0.120. The second-order valence-electron chi connectivity index (χ2n) is 8.00. The molecule has 5 rings (SSSR count). The minimum atomic E-state index is -4.79. The number of rotatable bonds is 5. The van der Waals surface area contributed by atoms with E-state index < -0.39 is 28.4 Å². The first-order chi connectivity index (χ1) is 17.2. The number of non-ortho nitro benzene ring substituents is 1. The fourth-order valence-corrected chi connectivity index (χ4v) is 4.02. The summed E-state index contributed by atoms with van der Waals surface area (Å²) in [6.45, 7) is 0.261. The van der Waals surface area contributed by atoms with Crippen LogP contribution in [0.4, 0.5) is 35.0 Å². The maximum Gasteiger partial charge on any atom is 0.416 e. The Morgan fingerprint density at radius 2 is 1.61 bits per heavy atom. The first kappa shape index (κ1) is 23.1. The topological polar surface area (TPSA) is 88.8 Å². The highest BCUT2D eigenvalue weighted by Crippen LogP contribution is 2.37. The Morgan fingerprint density at radius 1 is 0.917 bits per heavy atom. The molecule has 182 valence electrons. The lowest BCUT2D eigenvalue weighted by Gasteiger charge is -2.20. The van der Waals surface area contributed by atoms with Gasteiger partial charge in [-0.2, -0.15) is 13.2 Å². The fourth-order valence-electron chi connectivity index (χ4n) is 4.02. The van der Waals surface area contributed by atoms with E-state index >= 15 is 0 Å². The van der Waals surface area contributed by atoms with Crippen LogP contribution in [0.2, 0.25) is 0 Å². The molecule has 1 fully saturated rings. The number of pyridine rings is 1. The Balaban J connectivity index is 1.37. The lowest BCUT2D eigenvalue weighted by Crippen LogP contribution is -2.31. The largest absolute Gasteiger partial charge is 0.457 e. The molecule has 0 radical (unpaired) electrons. The van der Waals surface area contributed by atoms with E-state index in [1.54, 1.807) is 36.5 Å². The number of para-hydroxylation sites is 1. The van der Waals surface area contributed by atoms with Crippen LogP contribution < -0.4 is 14.5 Å². The van der Waals surface area contributed by atoms with Gasteiger partial charge >= 0.3 is 12.2 Å². The SMILES string of the molecule is O=C1N(c2ccc(Oc3ccnc4ccccc34)cc2)CCN1c1cc([N+](=O)[O-])cc(C(F)(F)F)c1. The van der Waals surface area contributed by atoms with Crippen LogP contribution in [0.5, 0.6) is 11.5 Å². The number of carbonyl (C=O) groups is 1. The number of nitro groups is 1. The highest BCUT2D eigenvalue weighted by atomic mass is 19.4. The molecular weight excluding hydrogens is 477 g/mol. The van der Waals surface area contributed by atoms with E-state index in [1.807, 2.05) is 24.3 Å². The van der Waals surface area contributed by atoms with Crippen LogP contribution in [0.15, 0.2) is 79.0 Å². The molecule has 0 aliphatic carbocycles. The van der Waals surface area contributed by atoms with Crippen molar-refractivity contribution in [1.29, 1.82) is 0 Å². The standard InChI is InChI=1S/C25H17F3N4O4/c26-25(27,28)16-13-18(15-19(14-16)32(34)35)31-12-11-30(24(31)33)17-5-7-20(8-6-17)36-23-9-10-29-22-4-2-1-3-21(22)23/h1-10,13-15H,11-12H2. The average molecular weight is 494 g/mol. The number of nitro benzene ring substituents is 1. The van der Waals surface area contributed by atoms with Crippen molar-refractivity contribution in [1.82, 2.24) is 4.98 Å². The third-order valence-electron chi connectivity index (χ3n) is 5.75. The van der Waals surface area contributed by atoms with Crippen molar-refractivity contribution in [3.8, 4) is 11.5 Å². The van der Waals surface area contributed by atoms with Gasteiger partial charge in [0.05, 0.1) is 21.7 Å². The zero-order chi connectivity index (χ0) is 25.4. The van der Waals surface area contributed by atoms with E-state index in [2.05, 4.69) is 4.98 Å². The van der Waals surface area contributed by atoms with Gasteiger partial charge in [-0.15, -0.1) is 0 Å². The van der Waals surface area contributed by atoms with Gasteiger partial charge in [-0.3, -0.25) is 24.9 Å². The predicted octanol–water partition coefficient (Wildman–Crippen LogP) is 6.40. The molecule has 0 N–H and O–H groups in total. The van der Waals surface area contributed by atoms with Crippen LogP contribution in [0.3, 0.4) is 0 Å². The van der Waals surface area contributed by atoms with E-state index in [0.29, 0.717) is 23.3 Å². The molecule has 4 aromatic rings. The van der Waals surface area contributed by atoms with Gasteiger partial charge in [0.1, 0.15) is 11.5 Å². The summed E-state index contributed by atoms with van der Waals surface area (Å²) in [6, 6.07) is 17.5. The molecule has 8 nitrogen and oxygen atoms in total. The van der Waals surface area contributed by atoms with E-state index in [1.165, 1.54) is 4.90 Å². The summed E-state index contributed by atoms with van der Waals surface area (Å²) in [7, 11) is 0. The Hall–Kier alpha value is -4.67. The van der Waals surface area contributed by atoms with Gasteiger partial charge < -0.3 is 4.74 Å². The minimum Gasteiger partial charge on any atom is -0.457 e. The van der Waals surface area contributed by atoms with Gasteiger partial charge in [-0.05, 0) is 48.5 Å². The summed E-state index contributed by atoms with van der Waals surface area (Å²) in [5.41, 5.74) is -0.826. The second kappa shape index (κ2) is 8.84. The molecule has 0 bridgehead atoms. The number of hydrogen-bond donors (Lipinski definition) is 0. The minimum absolute atomic E-state index is 0.0680. The molecule has 1 aliphatic rings.